The van der Waals surface area contributed by atoms with Crippen LogP contribution < -0.4 is 5.73 Å². The van der Waals surface area contributed by atoms with Crippen molar-refractivity contribution in [3.8, 4) is 0 Å². The van der Waals surface area contributed by atoms with Crippen molar-refractivity contribution in [3.63, 3.8) is 0 Å². The lowest BCUT2D eigenvalue weighted by molar-refractivity contribution is -0.130. The molecule has 0 bridgehead atoms. The average molecular weight is 213 g/mol. The van der Waals surface area contributed by atoms with Crippen LogP contribution in [-0.2, 0) is 4.79 Å². The zero-order valence-electron chi connectivity index (χ0n) is 10.1. The maximum absolute atomic E-state index is 11.6. The number of hydrogen-bond acceptors (Lipinski definition) is 3. The Balaban J connectivity index is 2.53. The van der Waals surface area contributed by atoms with E-state index >= 15 is 0 Å². The highest BCUT2D eigenvalue weighted by atomic mass is 16.2. The standard InChI is InChI=1S/C11H23N3O/c1-9(12)10-6-4-5-7-14(10)8-11(15)13(2)3/h9-10H,4-8,12H2,1-3H3. The van der Waals surface area contributed by atoms with Gasteiger partial charge in [0.1, 0.15) is 0 Å². The first-order chi connectivity index (χ1) is 7.02. The number of hydrogen-bond donors (Lipinski definition) is 1. The Kier molecular flexibility index (Phi) is 4.54. The second-order valence-electron chi connectivity index (χ2n) is 4.68. The molecule has 0 aromatic rings. The first kappa shape index (κ1) is 12.5. The fourth-order valence-corrected chi connectivity index (χ4v) is 2.12. The van der Waals surface area contributed by atoms with Crippen LogP contribution in [0.3, 0.4) is 0 Å². The molecule has 1 aliphatic rings. The molecule has 0 saturated carbocycles. The number of carbonyl (C=O) groups excluding carboxylic acids is 1. The number of amides is 1. The third kappa shape index (κ3) is 3.47. The zero-order chi connectivity index (χ0) is 11.4. The number of likely N-dealkylation sites (tertiary alicyclic amines) is 1. The number of carbonyl (C=O) groups is 1. The minimum absolute atomic E-state index is 0.153. The summed E-state index contributed by atoms with van der Waals surface area (Å²) in [5.41, 5.74) is 5.94. The first-order valence-corrected chi connectivity index (χ1v) is 5.72. The molecule has 0 aromatic heterocycles. The van der Waals surface area contributed by atoms with Gasteiger partial charge >= 0.3 is 0 Å². The molecule has 2 atom stereocenters. The summed E-state index contributed by atoms with van der Waals surface area (Å²) < 4.78 is 0. The monoisotopic (exact) mass is 213 g/mol. The Morgan fingerprint density at radius 1 is 1.53 bits per heavy atom. The number of likely N-dealkylation sites (N-methyl/N-ethyl adjacent to an activating group) is 1. The van der Waals surface area contributed by atoms with Crippen LogP contribution in [0.2, 0.25) is 0 Å². The van der Waals surface area contributed by atoms with Crippen molar-refractivity contribution in [2.24, 2.45) is 5.73 Å². The highest BCUT2D eigenvalue weighted by Crippen LogP contribution is 2.18. The van der Waals surface area contributed by atoms with Gasteiger partial charge in [-0.2, -0.15) is 0 Å². The molecule has 1 aliphatic heterocycles. The average Bonchev–Trinajstić information content (AvgIpc) is 2.18. The highest BCUT2D eigenvalue weighted by molar-refractivity contribution is 5.77. The third-order valence-corrected chi connectivity index (χ3v) is 3.11. The number of nitrogens with zero attached hydrogens (tertiary/aromatic N) is 2. The molecule has 0 aliphatic carbocycles. The second kappa shape index (κ2) is 5.47. The van der Waals surface area contributed by atoms with E-state index in [1.807, 2.05) is 6.92 Å². The van der Waals surface area contributed by atoms with Gasteiger partial charge in [0, 0.05) is 26.2 Å². The van der Waals surface area contributed by atoms with Crippen molar-refractivity contribution >= 4 is 5.91 Å². The van der Waals surface area contributed by atoms with Crippen LogP contribution in [0.1, 0.15) is 26.2 Å². The Morgan fingerprint density at radius 2 is 2.20 bits per heavy atom. The van der Waals surface area contributed by atoms with E-state index in [9.17, 15) is 4.79 Å². The minimum Gasteiger partial charge on any atom is -0.348 e. The van der Waals surface area contributed by atoms with Crippen molar-refractivity contribution in [2.75, 3.05) is 27.2 Å². The second-order valence-corrected chi connectivity index (χ2v) is 4.68. The van der Waals surface area contributed by atoms with Crippen molar-refractivity contribution in [2.45, 2.75) is 38.3 Å². The molecule has 2 unspecified atom stereocenters. The zero-order valence-corrected chi connectivity index (χ0v) is 10.1. The van der Waals surface area contributed by atoms with Gasteiger partial charge in [-0.25, -0.2) is 0 Å². The predicted molar refractivity (Wildman–Crippen MR) is 61.6 cm³/mol. The fourth-order valence-electron chi connectivity index (χ4n) is 2.12. The van der Waals surface area contributed by atoms with Crippen molar-refractivity contribution in [3.05, 3.63) is 0 Å². The Hall–Kier alpha value is -0.610. The van der Waals surface area contributed by atoms with E-state index in [0.29, 0.717) is 12.6 Å². The molecule has 1 rings (SSSR count). The fraction of sp³-hybridized carbons (Fsp3) is 0.909. The van der Waals surface area contributed by atoms with Crippen molar-refractivity contribution in [1.82, 2.24) is 9.80 Å². The van der Waals surface area contributed by atoms with Crippen LogP contribution in [0.5, 0.6) is 0 Å². The lowest BCUT2D eigenvalue weighted by Crippen LogP contribution is -2.52. The van der Waals surface area contributed by atoms with Crippen molar-refractivity contribution < 1.29 is 4.79 Å². The summed E-state index contributed by atoms with van der Waals surface area (Å²) in [5, 5.41) is 0. The van der Waals surface area contributed by atoms with Crippen LogP contribution >= 0.6 is 0 Å². The number of rotatable bonds is 3. The maximum Gasteiger partial charge on any atom is 0.236 e. The lowest BCUT2D eigenvalue weighted by atomic mass is 9.97. The van der Waals surface area contributed by atoms with Gasteiger partial charge in [-0.15, -0.1) is 0 Å². The van der Waals surface area contributed by atoms with Crippen LogP contribution in [0.4, 0.5) is 0 Å². The van der Waals surface area contributed by atoms with E-state index in [4.69, 9.17) is 5.73 Å². The summed E-state index contributed by atoms with van der Waals surface area (Å²) in [7, 11) is 3.60. The van der Waals surface area contributed by atoms with E-state index in [2.05, 4.69) is 4.90 Å². The summed E-state index contributed by atoms with van der Waals surface area (Å²) in [6, 6.07) is 0.530. The molecule has 1 heterocycles. The molecular weight excluding hydrogens is 190 g/mol. The predicted octanol–water partition coefficient (Wildman–Crippen LogP) is 0.276. The smallest absolute Gasteiger partial charge is 0.236 e. The Labute approximate surface area is 92.4 Å². The molecule has 0 spiro atoms. The SMILES string of the molecule is CC(N)C1CCCCN1CC(=O)N(C)C. The molecular formula is C11H23N3O. The van der Waals surface area contributed by atoms with Gasteiger partial charge in [-0.3, -0.25) is 9.69 Å². The van der Waals surface area contributed by atoms with E-state index in [1.165, 1.54) is 12.8 Å². The third-order valence-electron chi connectivity index (χ3n) is 3.11. The van der Waals surface area contributed by atoms with Gasteiger partial charge in [0.25, 0.3) is 0 Å². The Bertz CT molecular complexity index is 216. The van der Waals surface area contributed by atoms with Gasteiger partial charge in [0.15, 0.2) is 0 Å². The highest BCUT2D eigenvalue weighted by Gasteiger charge is 2.27. The van der Waals surface area contributed by atoms with Crippen molar-refractivity contribution in [1.29, 1.82) is 0 Å². The summed E-state index contributed by atoms with van der Waals surface area (Å²) in [6.45, 7) is 3.55. The molecule has 1 amide bonds. The number of nitrogens with two attached hydrogens (primary N) is 1. The molecule has 88 valence electrons. The van der Waals surface area contributed by atoms with Crippen LogP contribution in [0, 0.1) is 0 Å². The number of piperidine rings is 1. The van der Waals surface area contributed by atoms with E-state index < -0.39 is 0 Å². The molecule has 4 heteroatoms. The van der Waals surface area contributed by atoms with Crippen LogP contribution in [0.15, 0.2) is 0 Å². The van der Waals surface area contributed by atoms with Gasteiger partial charge in [0.2, 0.25) is 5.91 Å². The first-order valence-electron chi connectivity index (χ1n) is 5.72. The quantitative estimate of drug-likeness (QED) is 0.732. The topological polar surface area (TPSA) is 49.6 Å². The normalized spacial score (nSPS) is 24.9. The van der Waals surface area contributed by atoms with Gasteiger partial charge in [-0.05, 0) is 26.3 Å². The molecule has 0 aromatic carbocycles. The molecule has 4 nitrogen and oxygen atoms in total. The van der Waals surface area contributed by atoms with E-state index in [0.717, 1.165) is 13.0 Å². The van der Waals surface area contributed by atoms with Crippen LogP contribution in [0.25, 0.3) is 0 Å². The summed E-state index contributed by atoms with van der Waals surface area (Å²) in [6.07, 6.45) is 3.54. The van der Waals surface area contributed by atoms with Gasteiger partial charge in [0.05, 0.1) is 6.54 Å². The molecule has 1 saturated heterocycles. The van der Waals surface area contributed by atoms with Gasteiger partial charge < -0.3 is 10.6 Å². The van der Waals surface area contributed by atoms with E-state index in [-0.39, 0.29) is 11.9 Å². The van der Waals surface area contributed by atoms with Gasteiger partial charge in [-0.1, -0.05) is 6.42 Å². The molecule has 2 N–H and O–H groups in total. The maximum atomic E-state index is 11.6. The minimum atomic E-state index is 0.153. The molecule has 1 fully saturated rings. The molecule has 0 radical (unpaired) electrons. The summed E-state index contributed by atoms with van der Waals surface area (Å²) in [5.74, 6) is 0.169. The summed E-state index contributed by atoms with van der Waals surface area (Å²) >= 11 is 0. The van der Waals surface area contributed by atoms with E-state index in [1.54, 1.807) is 19.0 Å². The largest absolute Gasteiger partial charge is 0.348 e. The summed E-state index contributed by atoms with van der Waals surface area (Å²) in [4.78, 5) is 15.5. The lowest BCUT2D eigenvalue weighted by Gasteiger charge is -2.37. The Morgan fingerprint density at radius 3 is 2.73 bits per heavy atom. The van der Waals surface area contributed by atoms with Crippen LogP contribution in [-0.4, -0.2) is 55.0 Å². The molecule has 15 heavy (non-hydrogen) atoms.